The lowest BCUT2D eigenvalue weighted by Crippen LogP contribution is -2.67. The van der Waals surface area contributed by atoms with E-state index in [1.165, 1.54) is 0 Å². The van der Waals surface area contributed by atoms with Crippen LogP contribution in [0.1, 0.15) is 19.5 Å². The van der Waals surface area contributed by atoms with Gasteiger partial charge in [-0.25, -0.2) is 9.78 Å². The van der Waals surface area contributed by atoms with Crippen molar-refractivity contribution in [3.63, 3.8) is 0 Å². The molecule has 2 bridgehead atoms. The van der Waals surface area contributed by atoms with Crippen molar-refractivity contribution in [3.05, 3.63) is 59.4 Å². The molecule has 5 rings (SSSR count). The number of amides is 2. The van der Waals surface area contributed by atoms with Crippen molar-refractivity contribution < 1.29 is 9.53 Å². The molecule has 0 N–H and O–H groups in total. The lowest BCUT2D eigenvalue weighted by atomic mass is 10.0. The Balaban J connectivity index is 1.44. The highest BCUT2D eigenvalue weighted by molar-refractivity contribution is 6.30. The number of hydrogen-bond donors (Lipinski definition) is 0. The van der Waals surface area contributed by atoms with Gasteiger partial charge in [-0.05, 0) is 38.1 Å². The van der Waals surface area contributed by atoms with Crippen molar-refractivity contribution in [2.75, 3.05) is 39.4 Å². The van der Waals surface area contributed by atoms with Crippen LogP contribution < -0.4 is 0 Å². The summed E-state index contributed by atoms with van der Waals surface area (Å²) in [4.78, 5) is 24.6. The quantitative estimate of drug-likeness (QED) is 0.569. The summed E-state index contributed by atoms with van der Waals surface area (Å²) in [6, 6.07) is 14.2. The Morgan fingerprint density at radius 3 is 2.45 bits per heavy atom. The first-order chi connectivity index (χ1) is 16.1. The van der Waals surface area contributed by atoms with E-state index in [1.807, 2.05) is 61.2 Å². The molecule has 2 aliphatic heterocycles. The summed E-state index contributed by atoms with van der Waals surface area (Å²) >= 11 is 6.13. The third-order valence-corrected chi connectivity index (χ3v) is 6.97. The number of fused-ring (bicyclic) bond motifs is 3. The Bertz CT molecular complexity index is 1110. The van der Waals surface area contributed by atoms with Gasteiger partial charge in [-0.2, -0.15) is 0 Å². The summed E-state index contributed by atoms with van der Waals surface area (Å²) < 4.78 is 8.02. The first kappa shape index (κ1) is 22.2. The average molecular weight is 468 g/mol. The van der Waals surface area contributed by atoms with Gasteiger partial charge >= 0.3 is 6.03 Å². The zero-order valence-corrected chi connectivity index (χ0v) is 19.9. The fourth-order valence-corrected chi connectivity index (χ4v) is 5.22. The third kappa shape index (κ3) is 4.21. The standard InChI is InChI=1S/C25H30ClN5O2/c1-3-29(4-2)25(32)31-20-13-28(14-21(31)17-33-16-20)15-22-24(18-8-10-19(26)11-9-18)27-23-7-5-6-12-30(22)23/h5-12,20-21H,3-4,13-17H2,1-2H3. The number of piperazine rings is 1. The zero-order chi connectivity index (χ0) is 22.9. The van der Waals surface area contributed by atoms with E-state index in [4.69, 9.17) is 21.3 Å². The van der Waals surface area contributed by atoms with Crippen molar-refractivity contribution in [3.8, 4) is 11.3 Å². The predicted molar refractivity (Wildman–Crippen MR) is 129 cm³/mol. The highest BCUT2D eigenvalue weighted by atomic mass is 35.5. The molecule has 0 spiro atoms. The van der Waals surface area contributed by atoms with E-state index < -0.39 is 0 Å². The summed E-state index contributed by atoms with van der Waals surface area (Å²) in [5.74, 6) is 0. The highest BCUT2D eigenvalue weighted by Gasteiger charge is 2.42. The monoisotopic (exact) mass is 467 g/mol. The molecule has 174 valence electrons. The van der Waals surface area contributed by atoms with Crippen LogP contribution in [0.2, 0.25) is 5.02 Å². The van der Waals surface area contributed by atoms with Crippen LogP contribution in [0.5, 0.6) is 0 Å². The molecule has 0 radical (unpaired) electrons. The molecule has 0 aliphatic carbocycles. The molecule has 1 aromatic carbocycles. The van der Waals surface area contributed by atoms with Gasteiger partial charge in [0.1, 0.15) is 5.65 Å². The lowest BCUT2D eigenvalue weighted by Gasteiger charge is -2.50. The van der Waals surface area contributed by atoms with Gasteiger partial charge in [-0.3, -0.25) is 4.90 Å². The number of ether oxygens (including phenoxy) is 1. The van der Waals surface area contributed by atoms with Crippen LogP contribution in [0.15, 0.2) is 48.7 Å². The smallest absolute Gasteiger partial charge is 0.320 e. The molecule has 8 heteroatoms. The first-order valence-corrected chi connectivity index (χ1v) is 12.1. The van der Waals surface area contributed by atoms with Crippen molar-refractivity contribution in [2.24, 2.45) is 0 Å². The number of benzene rings is 1. The molecule has 4 heterocycles. The van der Waals surface area contributed by atoms with Gasteiger partial charge in [-0.1, -0.05) is 29.8 Å². The number of nitrogens with zero attached hydrogens (tertiary/aromatic N) is 5. The van der Waals surface area contributed by atoms with E-state index in [2.05, 4.69) is 20.4 Å². The molecule has 2 unspecified atom stereocenters. The minimum Gasteiger partial charge on any atom is -0.377 e. The van der Waals surface area contributed by atoms with E-state index in [-0.39, 0.29) is 18.1 Å². The lowest BCUT2D eigenvalue weighted by molar-refractivity contribution is -0.0817. The van der Waals surface area contributed by atoms with Crippen LogP contribution in [0, 0.1) is 0 Å². The molecule has 2 fully saturated rings. The second kappa shape index (κ2) is 9.33. The molecule has 7 nitrogen and oxygen atoms in total. The minimum absolute atomic E-state index is 0.0590. The second-order valence-electron chi connectivity index (χ2n) is 8.74. The van der Waals surface area contributed by atoms with Gasteiger partial charge < -0.3 is 18.9 Å². The van der Waals surface area contributed by atoms with E-state index >= 15 is 0 Å². The van der Waals surface area contributed by atoms with Crippen molar-refractivity contribution in [1.82, 2.24) is 24.1 Å². The topological polar surface area (TPSA) is 53.3 Å². The number of rotatable bonds is 5. The predicted octanol–water partition coefficient (Wildman–Crippen LogP) is 4.00. The number of aromatic nitrogens is 2. The number of carbonyl (C=O) groups is 1. The maximum absolute atomic E-state index is 13.2. The van der Waals surface area contributed by atoms with Crippen molar-refractivity contribution >= 4 is 23.3 Å². The van der Waals surface area contributed by atoms with Crippen molar-refractivity contribution in [1.29, 1.82) is 0 Å². The first-order valence-electron chi connectivity index (χ1n) is 11.7. The van der Waals surface area contributed by atoms with E-state index in [9.17, 15) is 4.79 Å². The van der Waals surface area contributed by atoms with Crippen LogP contribution in [-0.4, -0.2) is 81.6 Å². The molecular formula is C25H30ClN5O2. The summed E-state index contributed by atoms with van der Waals surface area (Å²) in [6.45, 7) is 9.00. The SMILES string of the molecule is CCN(CC)C(=O)N1C2COCC1CN(Cc1c(-c3ccc(Cl)cc3)nc3ccccn13)C2. The highest BCUT2D eigenvalue weighted by Crippen LogP contribution is 2.29. The summed E-state index contributed by atoms with van der Waals surface area (Å²) in [7, 11) is 0. The molecule has 2 saturated heterocycles. The van der Waals surface area contributed by atoms with E-state index in [0.717, 1.165) is 55.3 Å². The van der Waals surface area contributed by atoms with E-state index in [0.29, 0.717) is 18.2 Å². The summed E-state index contributed by atoms with van der Waals surface area (Å²) in [6.07, 6.45) is 2.07. The Morgan fingerprint density at radius 2 is 1.79 bits per heavy atom. The van der Waals surface area contributed by atoms with Crippen molar-refractivity contribution in [2.45, 2.75) is 32.5 Å². The summed E-state index contributed by atoms with van der Waals surface area (Å²) in [5, 5.41) is 0.714. The number of halogens is 1. The number of carbonyl (C=O) groups excluding carboxylic acids is 1. The third-order valence-electron chi connectivity index (χ3n) is 6.72. The van der Waals surface area contributed by atoms with Gasteiger partial charge in [0.15, 0.2) is 0 Å². The Labute approximate surface area is 199 Å². The number of morpholine rings is 1. The maximum Gasteiger partial charge on any atom is 0.320 e. The molecule has 3 aromatic rings. The number of urea groups is 1. The van der Waals surface area contributed by atoms with Gasteiger partial charge in [0.25, 0.3) is 0 Å². The fraction of sp³-hybridized carbons (Fsp3) is 0.440. The Morgan fingerprint density at radius 1 is 1.09 bits per heavy atom. The number of pyridine rings is 1. The molecule has 0 saturated carbocycles. The molecule has 2 amide bonds. The van der Waals surface area contributed by atoms with Crippen LogP contribution in [0.25, 0.3) is 16.9 Å². The number of imidazole rings is 1. The number of hydrogen-bond acceptors (Lipinski definition) is 4. The minimum atomic E-state index is 0.0590. The second-order valence-corrected chi connectivity index (χ2v) is 9.18. The van der Waals surface area contributed by atoms with Gasteiger partial charge in [0.2, 0.25) is 0 Å². The van der Waals surface area contributed by atoms with Crippen LogP contribution in [-0.2, 0) is 11.3 Å². The van der Waals surface area contributed by atoms with Crippen LogP contribution in [0.3, 0.4) is 0 Å². The average Bonchev–Trinajstić information content (AvgIpc) is 3.18. The van der Waals surface area contributed by atoms with Gasteiger partial charge in [0, 0.05) is 49.5 Å². The molecular weight excluding hydrogens is 438 g/mol. The van der Waals surface area contributed by atoms with E-state index in [1.54, 1.807) is 0 Å². The fourth-order valence-electron chi connectivity index (χ4n) is 5.10. The largest absolute Gasteiger partial charge is 0.377 e. The molecule has 2 aromatic heterocycles. The van der Waals surface area contributed by atoms with Crippen LogP contribution in [0.4, 0.5) is 4.79 Å². The van der Waals surface area contributed by atoms with Crippen LogP contribution >= 0.6 is 11.6 Å². The Kier molecular flexibility index (Phi) is 6.27. The normalized spacial score (nSPS) is 20.9. The Hall–Kier alpha value is -2.61. The molecule has 2 atom stereocenters. The maximum atomic E-state index is 13.2. The molecule has 2 aliphatic rings. The zero-order valence-electron chi connectivity index (χ0n) is 19.2. The summed E-state index contributed by atoms with van der Waals surface area (Å²) in [5.41, 5.74) is 4.10. The van der Waals surface area contributed by atoms with Gasteiger partial charge in [0.05, 0.1) is 36.7 Å². The molecule has 33 heavy (non-hydrogen) atoms. The van der Waals surface area contributed by atoms with Gasteiger partial charge in [-0.15, -0.1) is 0 Å².